The first-order valence-corrected chi connectivity index (χ1v) is 9.79. The summed E-state index contributed by atoms with van der Waals surface area (Å²) in [6, 6.07) is 8.34. The molecule has 2 aliphatic heterocycles. The summed E-state index contributed by atoms with van der Waals surface area (Å²) >= 11 is 0. The van der Waals surface area contributed by atoms with Crippen LogP contribution in [0.5, 0.6) is 0 Å². The van der Waals surface area contributed by atoms with Crippen molar-refractivity contribution in [1.82, 2.24) is 9.80 Å². The van der Waals surface area contributed by atoms with Crippen LogP contribution in [0.15, 0.2) is 34.7 Å². The highest BCUT2D eigenvalue weighted by atomic mass is 19.1. The van der Waals surface area contributed by atoms with Crippen molar-refractivity contribution in [1.29, 1.82) is 0 Å². The van der Waals surface area contributed by atoms with E-state index >= 15 is 0 Å². The summed E-state index contributed by atoms with van der Waals surface area (Å²) in [5, 5.41) is 0. The zero-order valence-corrected chi connectivity index (χ0v) is 16.3. The van der Waals surface area contributed by atoms with Crippen molar-refractivity contribution in [2.45, 2.75) is 39.7 Å². The Bertz CT molecular complexity index is 922. The van der Waals surface area contributed by atoms with E-state index in [9.17, 15) is 14.0 Å². The molecule has 2 amide bonds. The van der Waals surface area contributed by atoms with Gasteiger partial charge in [0.15, 0.2) is 0 Å². The molecule has 0 N–H and O–H groups in total. The van der Waals surface area contributed by atoms with Crippen molar-refractivity contribution in [3.05, 3.63) is 58.8 Å². The summed E-state index contributed by atoms with van der Waals surface area (Å²) < 4.78 is 19.5. The summed E-state index contributed by atoms with van der Waals surface area (Å²) in [5.41, 5.74) is 0.551. The van der Waals surface area contributed by atoms with Crippen LogP contribution >= 0.6 is 0 Å². The number of halogens is 1. The number of amides is 2. The summed E-state index contributed by atoms with van der Waals surface area (Å²) in [7, 11) is 0. The maximum Gasteiger partial charge on any atom is 0.257 e. The Labute approximate surface area is 164 Å². The maximum absolute atomic E-state index is 14.0. The molecule has 1 spiro atoms. The van der Waals surface area contributed by atoms with Gasteiger partial charge < -0.3 is 14.2 Å². The van der Waals surface area contributed by atoms with Gasteiger partial charge in [-0.15, -0.1) is 0 Å². The fourth-order valence-corrected chi connectivity index (χ4v) is 4.57. The van der Waals surface area contributed by atoms with Crippen LogP contribution in [0.4, 0.5) is 4.39 Å². The smallest absolute Gasteiger partial charge is 0.257 e. The van der Waals surface area contributed by atoms with Gasteiger partial charge in [-0.05, 0) is 45.2 Å². The molecule has 5 nitrogen and oxygen atoms in total. The number of aryl methyl sites for hydroxylation is 2. The van der Waals surface area contributed by atoms with Crippen LogP contribution in [0.25, 0.3) is 0 Å². The lowest BCUT2D eigenvalue weighted by Gasteiger charge is -2.39. The largest absolute Gasteiger partial charge is 0.466 e. The Balaban J connectivity index is 1.50. The van der Waals surface area contributed by atoms with E-state index in [0.29, 0.717) is 48.7 Å². The minimum atomic E-state index is -0.550. The number of carbonyl (C=O) groups is 2. The second-order valence-corrected chi connectivity index (χ2v) is 8.01. The highest BCUT2D eigenvalue weighted by Crippen LogP contribution is 2.41. The summed E-state index contributed by atoms with van der Waals surface area (Å²) in [6.45, 7) is 5.49. The van der Waals surface area contributed by atoms with E-state index in [1.54, 1.807) is 41.0 Å². The van der Waals surface area contributed by atoms with E-state index in [0.717, 1.165) is 12.8 Å². The first-order valence-electron chi connectivity index (χ1n) is 9.79. The molecule has 148 valence electrons. The van der Waals surface area contributed by atoms with Crippen molar-refractivity contribution in [3.8, 4) is 0 Å². The summed E-state index contributed by atoms with van der Waals surface area (Å²) in [4.78, 5) is 29.7. The lowest BCUT2D eigenvalue weighted by atomic mass is 9.78. The van der Waals surface area contributed by atoms with Crippen LogP contribution in [0, 0.1) is 25.1 Å². The van der Waals surface area contributed by atoms with E-state index < -0.39 is 5.41 Å². The Morgan fingerprint density at radius 3 is 2.71 bits per heavy atom. The lowest BCUT2D eigenvalue weighted by Crippen LogP contribution is -2.50. The van der Waals surface area contributed by atoms with Gasteiger partial charge in [-0.2, -0.15) is 0 Å². The number of furan rings is 1. The molecule has 2 fully saturated rings. The number of likely N-dealkylation sites (tertiary alicyclic amines) is 2. The SMILES string of the molecule is Cc1cc(C(=O)N2CC[C@@]3(CCCN(Cc4ccccc4F)C3=O)C2)c(C)o1. The number of nitrogens with zero attached hydrogens (tertiary/aromatic N) is 2. The third-order valence-electron chi connectivity index (χ3n) is 6.06. The number of hydrogen-bond donors (Lipinski definition) is 0. The van der Waals surface area contributed by atoms with Crippen molar-refractivity contribution in [2.75, 3.05) is 19.6 Å². The zero-order valence-electron chi connectivity index (χ0n) is 16.3. The number of hydrogen-bond acceptors (Lipinski definition) is 3. The minimum Gasteiger partial charge on any atom is -0.466 e. The average Bonchev–Trinajstić information content (AvgIpc) is 3.24. The quantitative estimate of drug-likeness (QED) is 0.811. The van der Waals surface area contributed by atoms with Gasteiger partial charge in [-0.3, -0.25) is 9.59 Å². The van der Waals surface area contributed by atoms with Gasteiger partial charge in [0, 0.05) is 31.7 Å². The van der Waals surface area contributed by atoms with Gasteiger partial charge in [0.2, 0.25) is 5.91 Å². The van der Waals surface area contributed by atoms with Crippen molar-refractivity contribution in [2.24, 2.45) is 5.41 Å². The molecule has 3 heterocycles. The molecule has 1 atom stereocenters. The molecule has 0 aliphatic carbocycles. The normalized spacial score (nSPS) is 22.3. The molecule has 2 saturated heterocycles. The summed E-state index contributed by atoms with van der Waals surface area (Å²) in [6.07, 6.45) is 2.29. The molecule has 4 rings (SSSR count). The average molecular weight is 384 g/mol. The zero-order chi connectivity index (χ0) is 19.9. The monoisotopic (exact) mass is 384 g/mol. The van der Waals surface area contributed by atoms with Gasteiger partial charge >= 0.3 is 0 Å². The third-order valence-corrected chi connectivity index (χ3v) is 6.06. The van der Waals surface area contributed by atoms with E-state index in [2.05, 4.69) is 0 Å². The molecule has 0 radical (unpaired) electrons. The van der Waals surface area contributed by atoms with Crippen LogP contribution < -0.4 is 0 Å². The van der Waals surface area contributed by atoms with Crippen LogP contribution in [0.1, 0.15) is 46.7 Å². The standard InChI is InChI=1S/C22H25FN2O3/c1-15-12-18(16(2)28-15)20(26)25-11-9-22(14-25)8-5-10-24(21(22)27)13-17-6-3-4-7-19(17)23/h3-4,6-7,12H,5,8-11,13-14H2,1-2H3/t22-/m0/s1. The Morgan fingerprint density at radius 2 is 2.00 bits per heavy atom. The van der Waals surface area contributed by atoms with Gasteiger partial charge in [0.05, 0.1) is 11.0 Å². The lowest BCUT2D eigenvalue weighted by molar-refractivity contribution is -0.146. The Morgan fingerprint density at radius 1 is 1.21 bits per heavy atom. The highest BCUT2D eigenvalue weighted by Gasteiger charge is 2.49. The van der Waals surface area contributed by atoms with E-state index in [1.807, 2.05) is 6.92 Å². The first-order chi connectivity index (χ1) is 13.4. The summed E-state index contributed by atoms with van der Waals surface area (Å²) in [5.74, 6) is 0.991. The van der Waals surface area contributed by atoms with Crippen LogP contribution in [0.2, 0.25) is 0 Å². The predicted molar refractivity (Wildman–Crippen MR) is 102 cm³/mol. The number of rotatable bonds is 3. The minimum absolute atomic E-state index is 0.0393. The fraction of sp³-hybridized carbons (Fsp3) is 0.455. The topological polar surface area (TPSA) is 53.8 Å². The molecule has 1 aromatic heterocycles. The molecule has 0 bridgehead atoms. The Hall–Kier alpha value is -2.63. The molecule has 0 saturated carbocycles. The van der Waals surface area contributed by atoms with E-state index in [4.69, 9.17) is 4.42 Å². The molecule has 28 heavy (non-hydrogen) atoms. The van der Waals surface area contributed by atoms with E-state index in [1.165, 1.54) is 6.07 Å². The maximum atomic E-state index is 14.0. The molecule has 2 aromatic rings. The van der Waals surface area contributed by atoms with Gasteiger partial charge in [-0.25, -0.2) is 4.39 Å². The first kappa shape index (κ1) is 18.7. The van der Waals surface area contributed by atoms with E-state index in [-0.39, 0.29) is 24.2 Å². The molecule has 6 heteroatoms. The molecular weight excluding hydrogens is 359 g/mol. The van der Waals surface area contributed by atoms with Gasteiger partial charge in [0.1, 0.15) is 17.3 Å². The highest BCUT2D eigenvalue weighted by molar-refractivity contribution is 5.96. The van der Waals surface area contributed by atoms with Crippen LogP contribution in [-0.4, -0.2) is 41.2 Å². The predicted octanol–water partition coefficient (Wildman–Crippen LogP) is 3.69. The van der Waals surface area contributed by atoms with Gasteiger partial charge in [-0.1, -0.05) is 18.2 Å². The van der Waals surface area contributed by atoms with Crippen LogP contribution in [0.3, 0.4) is 0 Å². The van der Waals surface area contributed by atoms with Gasteiger partial charge in [0.25, 0.3) is 5.91 Å². The fourth-order valence-electron chi connectivity index (χ4n) is 4.57. The number of carbonyl (C=O) groups excluding carboxylic acids is 2. The van der Waals surface area contributed by atoms with Crippen molar-refractivity contribution >= 4 is 11.8 Å². The number of piperidine rings is 1. The van der Waals surface area contributed by atoms with Crippen LogP contribution in [-0.2, 0) is 11.3 Å². The molecule has 2 aliphatic rings. The second kappa shape index (κ2) is 7.08. The Kier molecular flexibility index (Phi) is 4.73. The molecule has 0 unspecified atom stereocenters. The van der Waals surface area contributed by atoms with Crippen molar-refractivity contribution in [3.63, 3.8) is 0 Å². The molecule has 1 aromatic carbocycles. The molecular formula is C22H25FN2O3. The van der Waals surface area contributed by atoms with Crippen molar-refractivity contribution < 1.29 is 18.4 Å². The second-order valence-electron chi connectivity index (χ2n) is 8.01. The third kappa shape index (κ3) is 3.21. The number of benzene rings is 1.